The molecule has 0 fully saturated rings. The summed E-state index contributed by atoms with van der Waals surface area (Å²) in [6.45, 7) is 1.25. The number of fused-ring (bicyclic) bond motifs is 2. The summed E-state index contributed by atoms with van der Waals surface area (Å²) in [4.78, 5) is 24.8. The van der Waals surface area contributed by atoms with Gasteiger partial charge in [-0.1, -0.05) is 17.3 Å². The van der Waals surface area contributed by atoms with Crippen LogP contribution in [0.2, 0.25) is 0 Å². The summed E-state index contributed by atoms with van der Waals surface area (Å²) in [6.07, 6.45) is -5.75. The molecule has 5 aromatic rings. The zero-order chi connectivity index (χ0) is 27.2. The third-order valence-electron chi connectivity index (χ3n) is 6.03. The second-order valence-electron chi connectivity index (χ2n) is 8.52. The Balaban J connectivity index is 1.67. The fraction of sp³-hybridized carbons (Fsp3) is 0.192. The number of ether oxygens (including phenoxy) is 2. The highest BCUT2D eigenvalue weighted by Crippen LogP contribution is 2.33. The molecular weight excluding hydrogens is 507 g/mol. The van der Waals surface area contributed by atoms with E-state index >= 15 is 0 Å². The predicted octanol–water partition coefficient (Wildman–Crippen LogP) is 4.86. The number of nitrogens with zero attached hydrogens (tertiary/aromatic N) is 3. The molecule has 0 amide bonds. The largest absolute Gasteiger partial charge is 0.497 e. The van der Waals surface area contributed by atoms with Gasteiger partial charge < -0.3 is 19.1 Å². The molecule has 0 radical (unpaired) electrons. The third kappa shape index (κ3) is 4.44. The molecule has 0 saturated carbocycles. The number of carbonyl (C=O) groups is 1. The Kier molecular flexibility index (Phi) is 6.09. The average molecular weight is 527 g/mol. The fourth-order valence-electron chi connectivity index (χ4n) is 4.14. The third-order valence-corrected chi connectivity index (χ3v) is 6.03. The lowest BCUT2D eigenvalue weighted by Crippen LogP contribution is -2.24. The van der Waals surface area contributed by atoms with Gasteiger partial charge in [-0.15, -0.1) is 0 Å². The van der Waals surface area contributed by atoms with Crippen LogP contribution >= 0.6 is 0 Å². The molecule has 196 valence electrons. The maximum Gasteiger partial charge on any atom is 0.416 e. The molecule has 3 aromatic carbocycles. The van der Waals surface area contributed by atoms with Gasteiger partial charge in [-0.05, 0) is 55.0 Å². The number of hydrogen-bond donors (Lipinski definition) is 1. The first-order valence-electron chi connectivity index (χ1n) is 11.3. The van der Waals surface area contributed by atoms with Crippen molar-refractivity contribution in [2.75, 3.05) is 7.11 Å². The Morgan fingerprint density at radius 2 is 1.87 bits per heavy atom. The number of hydrogen-bond acceptors (Lipinski definition) is 6. The molecule has 0 unspecified atom stereocenters. The summed E-state index contributed by atoms with van der Waals surface area (Å²) < 4.78 is 59.1. The van der Waals surface area contributed by atoms with Gasteiger partial charge in [0.2, 0.25) is 0 Å². The Morgan fingerprint density at radius 1 is 1.08 bits per heavy atom. The number of benzene rings is 3. The number of aliphatic carboxylic acids is 1. The minimum Gasteiger partial charge on any atom is -0.497 e. The van der Waals surface area contributed by atoms with Crippen molar-refractivity contribution in [3.63, 3.8) is 0 Å². The van der Waals surface area contributed by atoms with Crippen LogP contribution in [0.25, 0.3) is 27.8 Å². The molecule has 5 rings (SSSR count). The number of halogens is 3. The molecule has 1 N–H and O–H groups in total. The first-order chi connectivity index (χ1) is 18.1. The summed E-state index contributed by atoms with van der Waals surface area (Å²) in [6, 6.07) is 14.2. The second-order valence-corrected chi connectivity index (χ2v) is 8.52. The minimum absolute atomic E-state index is 0.0275. The van der Waals surface area contributed by atoms with E-state index < -0.39 is 29.5 Å². The van der Waals surface area contributed by atoms with Crippen LogP contribution in [0.1, 0.15) is 18.1 Å². The highest BCUT2D eigenvalue weighted by atomic mass is 19.4. The molecule has 0 saturated heterocycles. The normalized spacial score (nSPS) is 12.7. The van der Waals surface area contributed by atoms with E-state index in [2.05, 4.69) is 5.16 Å². The predicted molar refractivity (Wildman–Crippen MR) is 130 cm³/mol. The van der Waals surface area contributed by atoms with Crippen LogP contribution in [-0.4, -0.2) is 38.6 Å². The number of carboxylic acid groups (broad SMARTS) is 1. The molecule has 2 heterocycles. The van der Waals surface area contributed by atoms with Gasteiger partial charge in [0.05, 0.1) is 35.6 Å². The summed E-state index contributed by atoms with van der Waals surface area (Å²) >= 11 is 0. The van der Waals surface area contributed by atoms with E-state index in [4.69, 9.17) is 19.1 Å². The van der Waals surface area contributed by atoms with Gasteiger partial charge >= 0.3 is 17.8 Å². The van der Waals surface area contributed by atoms with Crippen LogP contribution in [0.4, 0.5) is 13.2 Å². The SMILES string of the molecule is COc1ccc2c(-n3c(=O)n(Cc4cccc(O[C@H](C)C(=O)O)c4)c4cc(C(F)(F)F)ccc43)noc2c1. The van der Waals surface area contributed by atoms with Crippen LogP contribution in [-0.2, 0) is 17.5 Å². The lowest BCUT2D eigenvalue weighted by Gasteiger charge is -2.12. The number of alkyl halides is 3. The van der Waals surface area contributed by atoms with E-state index in [1.807, 2.05) is 0 Å². The quantitative estimate of drug-likeness (QED) is 0.322. The highest BCUT2D eigenvalue weighted by Gasteiger charge is 2.32. The van der Waals surface area contributed by atoms with Gasteiger partial charge in [0, 0.05) is 6.07 Å². The molecule has 0 aliphatic rings. The molecule has 1 atom stereocenters. The van der Waals surface area contributed by atoms with Gasteiger partial charge in [-0.3, -0.25) is 4.57 Å². The van der Waals surface area contributed by atoms with Gasteiger partial charge in [0.15, 0.2) is 17.5 Å². The average Bonchev–Trinajstić information content (AvgIpc) is 3.41. The van der Waals surface area contributed by atoms with Crippen molar-refractivity contribution in [3.8, 4) is 17.3 Å². The number of methoxy groups -OCH3 is 1. The Morgan fingerprint density at radius 3 is 2.58 bits per heavy atom. The second kappa shape index (κ2) is 9.29. The van der Waals surface area contributed by atoms with Crippen molar-refractivity contribution in [3.05, 3.63) is 82.3 Å². The van der Waals surface area contributed by atoms with Gasteiger partial charge in [0.25, 0.3) is 0 Å². The molecule has 0 aliphatic heterocycles. The molecule has 0 aliphatic carbocycles. The van der Waals surface area contributed by atoms with Crippen LogP contribution in [0.15, 0.2) is 70.0 Å². The van der Waals surface area contributed by atoms with E-state index in [1.54, 1.807) is 36.4 Å². The lowest BCUT2D eigenvalue weighted by atomic mass is 10.1. The van der Waals surface area contributed by atoms with E-state index in [1.165, 1.54) is 35.3 Å². The lowest BCUT2D eigenvalue weighted by molar-refractivity contribution is -0.144. The molecule has 0 spiro atoms. The van der Waals surface area contributed by atoms with E-state index in [-0.39, 0.29) is 29.1 Å². The molecule has 2 aromatic heterocycles. The van der Waals surface area contributed by atoms with Crippen LogP contribution < -0.4 is 15.2 Å². The van der Waals surface area contributed by atoms with Crippen molar-refractivity contribution in [1.29, 1.82) is 0 Å². The Labute approximate surface area is 212 Å². The van der Waals surface area contributed by atoms with E-state index in [9.17, 15) is 22.8 Å². The van der Waals surface area contributed by atoms with Gasteiger partial charge in [0.1, 0.15) is 11.5 Å². The number of imidazole rings is 1. The maximum absolute atomic E-state index is 13.7. The van der Waals surface area contributed by atoms with E-state index in [0.717, 1.165) is 12.1 Å². The summed E-state index contributed by atoms with van der Waals surface area (Å²) in [7, 11) is 1.48. The summed E-state index contributed by atoms with van der Waals surface area (Å²) in [5.74, 6) is -0.305. The van der Waals surface area contributed by atoms with Crippen molar-refractivity contribution in [1.82, 2.24) is 14.3 Å². The van der Waals surface area contributed by atoms with Gasteiger partial charge in [-0.25, -0.2) is 14.2 Å². The molecule has 38 heavy (non-hydrogen) atoms. The number of aromatic nitrogens is 3. The number of rotatable bonds is 7. The monoisotopic (exact) mass is 527 g/mol. The molecule has 12 heteroatoms. The number of carboxylic acids is 1. The molecular formula is C26H20F3N3O6. The topological polar surface area (TPSA) is 109 Å². The van der Waals surface area contributed by atoms with Gasteiger partial charge in [-0.2, -0.15) is 13.2 Å². The van der Waals surface area contributed by atoms with Crippen molar-refractivity contribution in [2.45, 2.75) is 25.7 Å². The van der Waals surface area contributed by atoms with Crippen molar-refractivity contribution < 1.29 is 37.1 Å². The Bertz CT molecular complexity index is 1730. The first kappa shape index (κ1) is 24.9. The fourth-order valence-corrected chi connectivity index (χ4v) is 4.14. The molecule has 9 nitrogen and oxygen atoms in total. The van der Waals surface area contributed by atoms with Crippen LogP contribution in [0.5, 0.6) is 11.5 Å². The van der Waals surface area contributed by atoms with Crippen LogP contribution in [0, 0.1) is 0 Å². The first-order valence-corrected chi connectivity index (χ1v) is 11.3. The zero-order valence-corrected chi connectivity index (χ0v) is 20.0. The maximum atomic E-state index is 13.7. The zero-order valence-electron chi connectivity index (χ0n) is 20.0. The summed E-state index contributed by atoms with van der Waals surface area (Å²) in [5.41, 5.74) is -0.501. The van der Waals surface area contributed by atoms with Crippen molar-refractivity contribution >= 4 is 28.0 Å². The standard InChI is InChI=1S/C26H20F3N3O6/c1-14(24(33)34)37-18-5-3-4-15(10-18)13-31-21-11-16(26(27,28)29)6-9-20(21)32(25(31)35)23-19-8-7-17(36-2)12-22(19)38-30-23/h3-12,14H,13H2,1-2H3,(H,33,34)/t14-/m1/s1. The summed E-state index contributed by atoms with van der Waals surface area (Å²) in [5, 5.41) is 13.6. The van der Waals surface area contributed by atoms with Crippen LogP contribution in [0.3, 0.4) is 0 Å². The molecule has 0 bridgehead atoms. The smallest absolute Gasteiger partial charge is 0.416 e. The highest BCUT2D eigenvalue weighted by molar-refractivity contribution is 5.88. The van der Waals surface area contributed by atoms with E-state index in [0.29, 0.717) is 22.3 Å². The van der Waals surface area contributed by atoms with Crippen molar-refractivity contribution in [2.24, 2.45) is 0 Å². The minimum atomic E-state index is -4.63. The Hall–Kier alpha value is -4.74.